The lowest BCUT2D eigenvalue weighted by Gasteiger charge is -2.30. The van der Waals surface area contributed by atoms with Gasteiger partial charge in [0.2, 0.25) is 5.91 Å². The minimum atomic E-state index is -4.58. The monoisotopic (exact) mass is 975 g/mol. The molecule has 0 aliphatic carbocycles. The number of nitrogens with zero attached hydrogens (tertiary/aromatic N) is 1. The average Bonchev–Trinajstić information content (AvgIpc) is 3.31. The Balaban J connectivity index is 4.16. The van der Waals surface area contributed by atoms with Crippen molar-refractivity contribution in [3.8, 4) is 0 Å². The molecule has 0 aromatic carbocycles. The molecule has 69 heavy (non-hydrogen) atoms. The number of allylic oxidation sites excluding steroid dienone is 24. The summed E-state index contributed by atoms with van der Waals surface area (Å²) in [5, 5.41) is 13.8. The van der Waals surface area contributed by atoms with Crippen LogP contribution in [0.4, 0.5) is 0 Å². The molecule has 0 aromatic rings. The summed E-state index contributed by atoms with van der Waals surface area (Å²) in [5.41, 5.74) is 0. The highest BCUT2D eigenvalue weighted by Gasteiger charge is 2.24. The number of amides is 1. The lowest BCUT2D eigenvalue weighted by Crippen LogP contribution is -2.46. The molecule has 0 saturated carbocycles. The minimum absolute atomic E-state index is 0.00496. The molecule has 3 unspecified atom stereocenters. The number of hydrogen-bond donors (Lipinski definition) is 2. The lowest BCUT2D eigenvalue weighted by atomic mass is 10.0. The van der Waals surface area contributed by atoms with Crippen LogP contribution in [-0.4, -0.2) is 68.5 Å². The zero-order chi connectivity index (χ0) is 50.6. The van der Waals surface area contributed by atoms with Crippen molar-refractivity contribution in [3.63, 3.8) is 0 Å². The van der Waals surface area contributed by atoms with E-state index in [1.54, 1.807) is 0 Å². The van der Waals surface area contributed by atoms with E-state index in [0.717, 1.165) is 109 Å². The van der Waals surface area contributed by atoms with Gasteiger partial charge in [-0.1, -0.05) is 211 Å². The van der Waals surface area contributed by atoms with E-state index in [9.17, 15) is 19.4 Å². The van der Waals surface area contributed by atoms with Crippen LogP contribution in [0.25, 0.3) is 0 Å². The van der Waals surface area contributed by atoms with E-state index in [4.69, 9.17) is 9.05 Å². The second-order valence-electron chi connectivity index (χ2n) is 18.5. The van der Waals surface area contributed by atoms with Crippen LogP contribution in [-0.2, 0) is 18.4 Å². The average molecular weight is 975 g/mol. The number of carbonyl (C=O) groups excluding carboxylic acids is 1. The Morgan fingerprint density at radius 2 is 0.884 bits per heavy atom. The van der Waals surface area contributed by atoms with Crippen LogP contribution in [0.5, 0.6) is 0 Å². The molecule has 2 N–H and O–H groups in total. The Labute approximate surface area is 423 Å². The van der Waals surface area contributed by atoms with Crippen LogP contribution in [0, 0.1) is 0 Å². The van der Waals surface area contributed by atoms with E-state index in [0.29, 0.717) is 30.3 Å². The van der Waals surface area contributed by atoms with Gasteiger partial charge in [0.05, 0.1) is 39.9 Å². The van der Waals surface area contributed by atoms with Crippen molar-refractivity contribution in [2.75, 3.05) is 40.9 Å². The van der Waals surface area contributed by atoms with Gasteiger partial charge in [0.1, 0.15) is 13.2 Å². The van der Waals surface area contributed by atoms with Crippen molar-refractivity contribution >= 4 is 13.7 Å². The fourth-order valence-corrected chi connectivity index (χ4v) is 7.39. The summed E-state index contributed by atoms with van der Waals surface area (Å²) in [4.78, 5) is 25.3. The first-order valence-corrected chi connectivity index (χ1v) is 28.1. The number of likely N-dealkylation sites (N-methyl/N-ethyl adjacent to an activating group) is 1. The van der Waals surface area contributed by atoms with Gasteiger partial charge in [0.25, 0.3) is 7.82 Å². The van der Waals surface area contributed by atoms with Gasteiger partial charge in [-0.05, 0) is 103 Å². The van der Waals surface area contributed by atoms with Crippen LogP contribution >= 0.6 is 7.82 Å². The van der Waals surface area contributed by atoms with Crippen LogP contribution in [0.15, 0.2) is 146 Å². The first-order valence-electron chi connectivity index (χ1n) is 26.7. The number of hydrogen-bond acceptors (Lipinski definition) is 6. The predicted molar refractivity (Wildman–Crippen MR) is 297 cm³/mol. The molecular formula is C60H99N2O6P. The molecular weight excluding hydrogens is 876 g/mol. The number of aliphatic hydroxyl groups excluding tert-OH is 1. The molecule has 0 radical (unpaired) electrons. The van der Waals surface area contributed by atoms with Crippen LogP contribution in [0.1, 0.15) is 174 Å². The maximum atomic E-state index is 12.9. The van der Waals surface area contributed by atoms with E-state index in [2.05, 4.69) is 165 Å². The number of aliphatic hydroxyl groups is 1. The van der Waals surface area contributed by atoms with Crippen LogP contribution in [0.2, 0.25) is 0 Å². The van der Waals surface area contributed by atoms with Gasteiger partial charge in [-0.15, -0.1) is 0 Å². The fourth-order valence-electron chi connectivity index (χ4n) is 6.67. The molecule has 9 heteroatoms. The molecule has 0 bridgehead atoms. The smallest absolute Gasteiger partial charge is 0.268 e. The topological polar surface area (TPSA) is 108 Å². The molecule has 0 spiro atoms. The third-order valence-corrected chi connectivity index (χ3v) is 11.8. The summed E-state index contributed by atoms with van der Waals surface area (Å²) >= 11 is 0. The van der Waals surface area contributed by atoms with E-state index in [1.807, 2.05) is 21.1 Å². The van der Waals surface area contributed by atoms with E-state index >= 15 is 0 Å². The van der Waals surface area contributed by atoms with Gasteiger partial charge in [-0.25, -0.2) is 0 Å². The quantitative estimate of drug-likeness (QED) is 0.0272. The number of unbranched alkanes of at least 4 members (excludes halogenated alkanes) is 9. The molecule has 0 aromatic heterocycles. The van der Waals surface area contributed by atoms with E-state index in [1.165, 1.54) is 32.1 Å². The summed E-state index contributed by atoms with van der Waals surface area (Å²) in [6.07, 6.45) is 76.2. The normalized spacial score (nSPS) is 15.2. The molecule has 3 atom stereocenters. The minimum Gasteiger partial charge on any atom is -0.756 e. The summed E-state index contributed by atoms with van der Waals surface area (Å²) < 4.78 is 23.2. The molecule has 0 fully saturated rings. The molecule has 390 valence electrons. The van der Waals surface area contributed by atoms with Crippen molar-refractivity contribution in [2.24, 2.45) is 0 Å². The Morgan fingerprint density at radius 3 is 1.26 bits per heavy atom. The summed E-state index contributed by atoms with van der Waals surface area (Å²) in [5.74, 6) is -0.218. The summed E-state index contributed by atoms with van der Waals surface area (Å²) in [7, 11) is 1.25. The number of phosphoric ester groups is 1. The first-order chi connectivity index (χ1) is 33.5. The maximum Gasteiger partial charge on any atom is 0.268 e. The second-order valence-corrected chi connectivity index (χ2v) is 19.9. The van der Waals surface area contributed by atoms with E-state index < -0.39 is 20.0 Å². The number of carbonyl (C=O) groups is 1. The molecule has 0 heterocycles. The Hall–Kier alpha value is -3.62. The third-order valence-electron chi connectivity index (χ3n) is 10.8. The number of nitrogens with one attached hydrogen (secondary N) is 1. The molecule has 0 saturated heterocycles. The van der Waals surface area contributed by atoms with Crippen LogP contribution in [0.3, 0.4) is 0 Å². The largest absolute Gasteiger partial charge is 0.756 e. The Morgan fingerprint density at radius 1 is 0.522 bits per heavy atom. The summed E-state index contributed by atoms with van der Waals surface area (Å²) in [6.45, 7) is 4.50. The maximum absolute atomic E-state index is 12.9. The fraction of sp³-hybridized carbons (Fsp3) is 0.583. The Bertz CT molecular complexity index is 1620. The number of rotatable bonds is 46. The number of quaternary nitrogens is 1. The van der Waals surface area contributed by atoms with Crippen molar-refractivity contribution in [1.29, 1.82) is 0 Å². The predicted octanol–water partition coefficient (Wildman–Crippen LogP) is 15.5. The highest BCUT2D eigenvalue weighted by molar-refractivity contribution is 7.45. The lowest BCUT2D eigenvalue weighted by molar-refractivity contribution is -0.870. The first kappa shape index (κ1) is 65.4. The second kappa shape index (κ2) is 49.4. The summed E-state index contributed by atoms with van der Waals surface area (Å²) in [6, 6.07) is -0.832. The number of phosphoric acid groups is 1. The molecule has 8 nitrogen and oxygen atoms in total. The van der Waals surface area contributed by atoms with E-state index in [-0.39, 0.29) is 19.1 Å². The zero-order valence-electron chi connectivity index (χ0n) is 44.2. The van der Waals surface area contributed by atoms with Gasteiger partial charge in [0.15, 0.2) is 0 Å². The molecule has 1 amide bonds. The highest BCUT2D eigenvalue weighted by Crippen LogP contribution is 2.38. The van der Waals surface area contributed by atoms with Gasteiger partial charge < -0.3 is 28.8 Å². The van der Waals surface area contributed by atoms with Gasteiger partial charge in [-0.3, -0.25) is 9.36 Å². The zero-order valence-corrected chi connectivity index (χ0v) is 45.1. The van der Waals surface area contributed by atoms with Crippen molar-refractivity contribution < 1.29 is 32.9 Å². The highest BCUT2D eigenvalue weighted by atomic mass is 31.2. The molecule has 0 rings (SSSR count). The molecule has 0 aliphatic heterocycles. The van der Waals surface area contributed by atoms with Crippen molar-refractivity contribution in [2.45, 2.75) is 187 Å². The van der Waals surface area contributed by atoms with Crippen LogP contribution < -0.4 is 10.2 Å². The molecule has 0 aliphatic rings. The SMILES string of the molecule is CC/C=C\C/C=C\C/C=C\C/C=C\C/C=C\C/C=C\C/C=C\C/C=C\C/C=C\C/C=C\C/C=C\C/C=C\CCCCC(=O)NC(COP(=O)([O-])OCC[N+](C)(C)C)C(O)CCCCCCCCCC. The van der Waals surface area contributed by atoms with Gasteiger partial charge in [0, 0.05) is 6.42 Å². The standard InChI is InChI=1S/C60H99N2O6P/c1-6-8-10-12-14-16-17-18-19-20-21-22-23-24-25-26-27-28-29-30-31-32-33-34-35-36-37-38-39-40-41-42-43-44-45-46-48-50-52-54-60(64)61-58(57-68-69(65,66)67-56-55-62(3,4)5)59(63)53-51-49-47-15-13-11-9-7-2/h8,10,14,16,18-19,21-22,24-25,27-28,30-31,33-34,36-37,39-40,42-43,45-46,58-59,63H,6-7,9,11-13,15,17,20,23,26,29,32,35,38,41,44,47-57H2,1-5H3,(H-,61,64,65,66)/b10-8-,16-14-,19-18-,22-21-,25-24-,28-27-,31-30-,34-33-,37-36-,40-39-,43-42-,46-45-. The Kier molecular flexibility index (Phi) is 46.8. The van der Waals surface area contributed by atoms with Crippen molar-refractivity contribution in [1.82, 2.24) is 5.32 Å². The van der Waals surface area contributed by atoms with Gasteiger partial charge >= 0.3 is 0 Å². The van der Waals surface area contributed by atoms with Gasteiger partial charge in [-0.2, -0.15) is 0 Å². The van der Waals surface area contributed by atoms with Crippen molar-refractivity contribution in [3.05, 3.63) is 146 Å². The third kappa shape index (κ3) is 52.0.